The summed E-state index contributed by atoms with van der Waals surface area (Å²) >= 11 is -2.54. The summed E-state index contributed by atoms with van der Waals surface area (Å²) in [4.78, 5) is 0. The second-order valence-corrected chi connectivity index (χ2v) is 7.11. The van der Waals surface area contributed by atoms with E-state index in [0.29, 0.717) is 5.75 Å². The quantitative estimate of drug-likeness (QED) is 0.773. The molecule has 0 aliphatic carbocycles. The van der Waals surface area contributed by atoms with E-state index in [1.807, 2.05) is 0 Å². The molecule has 0 heterocycles. The molecule has 102 valence electrons. The van der Waals surface area contributed by atoms with Gasteiger partial charge in [-0.1, -0.05) is 47.6 Å². The molecule has 0 aromatic heterocycles. The Morgan fingerprint density at radius 2 is 1.33 bits per heavy atom. The minimum absolute atomic E-state index is 0.0518. The molecule has 1 rings (SSSR count). The molecule has 0 bridgehead atoms. The molecule has 0 aliphatic heterocycles. The number of hydrogen-bond acceptors (Lipinski definition) is 3. The molecule has 0 radical (unpaired) electrons. The van der Waals surface area contributed by atoms with Crippen LogP contribution in [0.25, 0.3) is 0 Å². The van der Waals surface area contributed by atoms with E-state index in [4.69, 9.17) is 4.18 Å². The molecule has 1 aromatic carbocycles. The van der Waals surface area contributed by atoms with Gasteiger partial charge in [-0.25, -0.2) is 4.21 Å². The lowest BCUT2D eigenvalue weighted by atomic mass is 9.80. The van der Waals surface area contributed by atoms with Crippen molar-refractivity contribution < 1.29 is 12.9 Å². The largest absolute Gasteiger partial charge is 0.740 e. The maximum atomic E-state index is 10.7. The van der Waals surface area contributed by atoms with E-state index in [2.05, 4.69) is 47.6 Å². The monoisotopic (exact) mass is 269 g/mol. The highest BCUT2D eigenvalue weighted by atomic mass is 32.2. The van der Waals surface area contributed by atoms with Crippen molar-refractivity contribution in [1.82, 2.24) is 0 Å². The van der Waals surface area contributed by atoms with Crippen LogP contribution < -0.4 is 4.18 Å². The van der Waals surface area contributed by atoms with E-state index in [9.17, 15) is 8.76 Å². The third-order valence-electron chi connectivity index (χ3n) is 2.80. The van der Waals surface area contributed by atoms with E-state index in [1.54, 1.807) is 12.1 Å². The van der Waals surface area contributed by atoms with Gasteiger partial charge in [0.25, 0.3) is 0 Å². The Hall–Kier alpha value is -0.870. The first-order valence-electron chi connectivity index (χ1n) is 5.94. The zero-order chi connectivity index (χ0) is 14.1. The Morgan fingerprint density at radius 3 is 1.61 bits per heavy atom. The Balaban J connectivity index is 3.34. The molecule has 0 N–H and O–H groups in total. The van der Waals surface area contributed by atoms with Crippen LogP contribution in [0.1, 0.15) is 52.7 Å². The lowest BCUT2D eigenvalue weighted by Gasteiger charge is -2.26. The first-order chi connectivity index (χ1) is 8.00. The van der Waals surface area contributed by atoms with Gasteiger partial charge in [0, 0.05) is 0 Å². The van der Waals surface area contributed by atoms with Crippen molar-refractivity contribution in [3.05, 3.63) is 29.3 Å². The van der Waals surface area contributed by atoms with Crippen LogP contribution in [-0.2, 0) is 22.2 Å². The number of hydrogen-bond donors (Lipinski definition) is 0. The predicted molar refractivity (Wildman–Crippen MR) is 73.4 cm³/mol. The van der Waals surface area contributed by atoms with E-state index < -0.39 is 11.4 Å². The van der Waals surface area contributed by atoms with Crippen molar-refractivity contribution in [2.45, 2.75) is 52.4 Å². The van der Waals surface area contributed by atoms with Gasteiger partial charge in [0.05, 0.1) is 0 Å². The van der Waals surface area contributed by atoms with Gasteiger partial charge in [0.1, 0.15) is 17.1 Å². The predicted octanol–water partition coefficient (Wildman–Crippen LogP) is 3.45. The number of rotatable bonds is 2. The maximum Gasteiger partial charge on any atom is 0.139 e. The lowest BCUT2D eigenvalue weighted by Crippen LogP contribution is -2.16. The normalized spacial score (nSPS) is 14.4. The molecular weight excluding hydrogens is 248 g/mol. The highest BCUT2D eigenvalue weighted by Gasteiger charge is 2.21. The molecule has 4 heteroatoms. The van der Waals surface area contributed by atoms with Gasteiger partial charge in [-0.15, -0.1) is 0 Å². The van der Waals surface area contributed by atoms with Crippen molar-refractivity contribution in [3.8, 4) is 5.75 Å². The Kier molecular flexibility index (Phi) is 4.23. The Morgan fingerprint density at radius 1 is 0.944 bits per heavy atom. The average Bonchev–Trinajstić information content (AvgIpc) is 2.13. The second kappa shape index (κ2) is 5.02. The zero-order valence-corrected chi connectivity index (χ0v) is 12.7. The van der Waals surface area contributed by atoms with Gasteiger partial charge < -0.3 is 8.74 Å². The lowest BCUT2D eigenvalue weighted by molar-refractivity contribution is 0.438. The van der Waals surface area contributed by atoms with E-state index in [0.717, 1.165) is 11.1 Å². The summed E-state index contributed by atoms with van der Waals surface area (Å²) in [5.41, 5.74) is 2.03. The van der Waals surface area contributed by atoms with E-state index >= 15 is 0 Å². The van der Waals surface area contributed by atoms with Crippen LogP contribution >= 0.6 is 0 Å². The smallest absolute Gasteiger partial charge is 0.139 e. The Bertz CT molecular complexity index is 421. The van der Waals surface area contributed by atoms with Crippen LogP contribution in [0.4, 0.5) is 0 Å². The fourth-order valence-corrected chi connectivity index (χ4v) is 1.85. The summed E-state index contributed by atoms with van der Waals surface area (Å²) in [6.45, 7) is 12.5. The van der Waals surface area contributed by atoms with Gasteiger partial charge in [-0.3, -0.25) is 0 Å². The van der Waals surface area contributed by atoms with Crippen LogP contribution in [0.2, 0.25) is 0 Å². The summed E-state index contributed by atoms with van der Waals surface area (Å²) in [6.07, 6.45) is 0. The second-order valence-electron chi connectivity index (χ2n) is 6.53. The minimum atomic E-state index is -2.54. The van der Waals surface area contributed by atoms with Crippen LogP contribution in [0.3, 0.4) is 0 Å². The van der Waals surface area contributed by atoms with Crippen molar-refractivity contribution in [3.63, 3.8) is 0 Å². The molecule has 0 spiro atoms. The first-order valence-corrected chi connectivity index (χ1v) is 6.94. The van der Waals surface area contributed by atoms with Gasteiger partial charge in [-0.2, -0.15) is 0 Å². The summed E-state index contributed by atoms with van der Waals surface area (Å²) in [7, 11) is 0. The molecule has 0 saturated carbocycles. The standard InChI is InChI=1S/C14H22O3S/c1-13(2,3)10-7-11(14(4,5)6)9-12(8-10)17-18(15)16/h7-9H,1-6H3,(H,15,16)/p-1. The maximum absolute atomic E-state index is 10.7. The van der Waals surface area contributed by atoms with Crippen molar-refractivity contribution in [2.75, 3.05) is 0 Å². The number of benzene rings is 1. The van der Waals surface area contributed by atoms with Gasteiger partial charge in [0.2, 0.25) is 0 Å². The SMILES string of the molecule is CC(C)(C)c1cc(OS(=O)[O-])cc(C(C)(C)C)c1. The highest BCUT2D eigenvalue weighted by molar-refractivity contribution is 7.74. The molecule has 1 atom stereocenters. The van der Waals surface area contributed by atoms with Gasteiger partial charge in [-0.05, 0) is 34.1 Å². The fraction of sp³-hybridized carbons (Fsp3) is 0.571. The third-order valence-corrected chi connectivity index (χ3v) is 3.13. The summed E-state index contributed by atoms with van der Waals surface area (Å²) < 4.78 is 26.1. The molecule has 1 unspecified atom stereocenters. The fourth-order valence-electron chi connectivity index (χ4n) is 1.59. The van der Waals surface area contributed by atoms with Crippen LogP contribution in [0.15, 0.2) is 18.2 Å². The molecule has 1 aromatic rings. The minimum Gasteiger partial charge on any atom is -0.740 e. The summed E-state index contributed by atoms with van der Waals surface area (Å²) in [6, 6.07) is 5.68. The highest BCUT2D eigenvalue weighted by Crippen LogP contribution is 2.32. The third kappa shape index (κ3) is 4.10. The topological polar surface area (TPSA) is 49.4 Å². The average molecular weight is 269 g/mol. The van der Waals surface area contributed by atoms with Crippen molar-refractivity contribution in [1.29, 1.82) is 0 Å². The van der Waals surface area contributed by atoms with Gasteiger partial charge in [0.15, 0.2) is 0 Å². The van der Waals surface area contributed by atoms with E-state index in [-0.39, 0.29) is 10.8 Å². The van der Waals surface area contributed by atoms with E-state index in [1.165, 1.54) is 0 Å². The van der Waals surface area contributed by atoms with Crippen molar-refractivity contribution in [2.24, 2.45) is 0 Å². The first kappa shape index (κ1) is 15.2. The van der Waals surface area contributed by atoms with Gasteiger partial charge >= 0.3 is 0 Å². The van der Waals surface area contributed by atoms with Crippen molar-refractivity contribution >= 4 is 11.4 Å². The molecule has 0 amide bonds. The molecule has 0 aliphatic rings. The zero-order valence-electron chi connectivity index (χ0n) is 11.9. The van der Waals surface area contributed by atoms with Crippen LogP contribution in [0, 0.1) is 0 Å². The summed E-state index contributed by atoms with van der Waals surface area (Å²) in [5.74, 6) is 0.376. The molecule has 3 nitrogen and oxygen atoms in total. The molecule has 18 heavy (non-hydrogen) atoms. The van der Waals surface area contributed by atoms with Crippen LogP contribution in [-0.4, -0.2) is 8.76 Å². The molecule has 0 fully saturated rings. The van der Waals surface area contributed by atoms with Crippen LogP contribution in [0.5, 0.6) is 5.75 Å². The summed E-state index contributed by atoms with van der Waals surface area (Å²) in [5, 5.41) is 0. The Labute approximate surface area is 112 Å². The molecular formula is C14H21O3S-. The molecule has 0 saturated heterocycles.